The molecule has 22 N–H and O–H groups in total. The first-order valence-electron chi connectivity index (χ1n) is 16.4. The highest BCUT2D eigenvalue weighted by Crippen LogP contribution is 2.07. The van der Waals surface area contributed by atoms with Crippen LogP contribution in [-0.4, -0.2) is 122 Å². The molecule has 0 aromatic heterocycles. The number of amides is 5. The number of guanidine groups is 3. The lowest BCUT2D eigenvalue weighted by Crippen LogP contribution is -2.56. The molecule has 290 valence electrons. The molecule has 0 aromatic carbocycles. The molecular weight excluding hydrogens is 672 g/mol. The van der Waals surface area contributed by atoms with Crippen LogP contribution in [0.5, 0.6) is 0 Å². The van der Waals surface area contributed by atoms with Crippen LogP contribution in [0.4, 0.5) is 0 Å². The van der Waals surface area contributed by atoms with Gasteiger partial charge in [0, 0.05) is 19.6 Å². The van der Waals surface area contributed by atoms with E-state index in [0.717, 1.165) is 0 Å². The smallest absolute Gasteiger partial charge is 0.326 e. The van der Waals surface area contributed by atoms with Crippen LogP contribution in [0.15, 0.2) is 15.0 Å². The summed E-state index contributed by atoms with van der Waals surface area (Å²) in [4.78, 5) is 87.7. The fraction of sp³-hybridized carbons (Fsp3) is 0.679. The molecule has 0 heterocycles. The quantitative estimate of drug-likeness (QED) is 0.0212. The number of carbonyl (C=O) groups is 6. The molecule has 23 heteroatoms. The summed E-state index contributed by atoms with van der Waals surface area (Å²) in [6.45, 7) is -0.193. The summed E-state index contributed by atoms with van der Waals surface area (Å²) >= 11 is 0. The zero-order chi connectivity index (χ0) is 38.8. The fourth-order valence-electron chi connectivity index (χ4n) is 4.40. The molecule has 0 radical (unpaired) electrons. The van der Waals surface area contributed by atoms with Gasteiger partial charge in [-0.25, -0.2) is 4.79 Å². The van der Waals surface area contributed by atoms with E-state index in [1.165, 1.54) is 0 Å². The van der Waals surface area contributed by atoms with E-state index in [0.29, 0.717) is 25.8 Å². The number of aliphatic carboxylic acids is 1. The number of aliphatic imine (C=N–C) groups is 3. The lowest BCUT2D eigenvalue weighted by atomic mass is 10.1. The Kier molecular flexibility index (Phi) is 23.6. The van der Waals surface area contributed by atoms with E-state index >= 15 is 0 Å². The van der Waals surface area contributed by atoms with Gasteiger partial charge in [0.25, 0.3) is 0 Å². The molecule has 0 saturated carbocycles. The van der Waals surface area contributed by atoms with Crippen LogP contribution in [0.3, 0.4) is 0 Å². The average Bonchev–Trinajstić information content (AvgIpc) is 3.06. The first-order chi connectivity index (χ1) is 24.1. The number of unbranched alkanes of at least 4 members (excludes halogenated alkanes) is 1. The second kappa shape index (κ2) is 26.4. The number of carboxylic acids is 1. The summed E-state index contributed by atoms with van der Waals surface area (Å²) in [5, 5.41) is 22.1. The predicted octanol–water partition coefficient (Wildman–Crippen LogP) is -6.63. The second-order valence-corrected chi connectivity index (χ2v) is 11.3. The standard InChI is InChI=1S/C28H56N16O7/c29-10-2-1-6-17(42-21(46)15-40-22(47)16(41-20(45)14-30)7-3-11-37-26(31)32)23(48)43-18(8-4-12-38-27(33)34)24(49)44-19(25(50)51)9-5-13-39-28(35)36/h16-19H,1-15,29-30H2,(H,40,47)(H,41,45)(H,42,46)(H,43,48)(H,44,49)(H,50,51)(H4,31,32,37)(H4,33,34,38)(H4,35,36,39). The summed E-state index contributed by atoms with van der Waals surface area (Å²) in [6, 6.07) is -4.79. The van der Waals surface area contributed by atoms with Gasteiger partial charge in [0.05, 0.1) is 13.1 Å². The number of hydrogen-bond donors (Lipinski definition) is 14. The first-order valence-corrected chi connectivity index (χ1v) is 16.4. The lowest BCUT2D eigenvalue weighted by Gasteiger charge is -2.25. The summed E-state index contributed by atoms with van der Waals surface area (Å²) in [5.74, 6) is -5.38. The van der Waals surface area contributed by atoms with E-state index in [-0.39, 0.29) is 82.6 Å². The topological polar surface area (TPSA) is 428 Å². The van der Waals surface area contributed by atoms with E-state index in [2.05, 4.69) is 41.6 Å². The van der Waals surface area contributed by atoms with Crippen LogP contribution in [0.25, 0.3) is 0 Å². The molecule has 0 aliphatic heterocycles. The molecule has 5 amide bonds. The van der Waals surface area contributed by atoms with Crippen LogP contribution in [0.2, 0.25) is 0 Å². The Morgan fingerprint density at radius 1 is 0.510 bits per heavy atom. The van der Waals surface area contributed by atoms with Gasteiger partial charge in [-0.05, 0) is 64.3 Å². The number of nitrogens with two attached hydrogens (primary N) is 8. The summed E-state index contributed by atoms with van der Waals surface area (Å²) < 4.78 is 0. The Bertz CT molecular complexity index is 1220. The van der Waals surface area contributed by atoms with Gasteiger partial charge in [-0.15, -0.1) is 0 Å². The minimum absolute atomic E-state index is 0.00725. The highest BCUT2D eigenvalue weighted by atomic mass is 16.4. The molecule has 0 aliphatic carbocycles. The lowest BCUT2D eigenvalue weighted by molar-refractivity contribution is -0.142. The van der Waals surface area contributed by atoms with Gasteiger partial charge in [0.1, 0.15) is 24.2 Å². The maximum atomic E-state index is 13.5. The molecule has 0 aliphatic rings. The SMILES string of the molecule is NCCCCC(NC(=O)CNC(=O)C(CCCN=C(N)N)NC(=O)CN)C(=O)NC(CCCN=C(N)N)C(=O)NC(CCCN=C(N)N)C(=O)O. The maximum Gasteiger partial charge on any atom is 0.326 e. The zero-order valence-electron chi connectivity index (χ0n) is 28.8. The molecule has 23 nitrogen and oxygen atoms in total. The third-order valence-electron chi connectivity index (χ3n) is 6.94. The Labute approximate surface area is 296 Å². The molecule has 0 spiro atoms. The average molecular weight is 729 g/mol. The van der Waals surface area contributed by atoms with Gasteiger partial charge in [0.2, 0.25) is 29.5 Å². The van der Waals surface area contributed by atoms with Crippen molar-refractivity contribution in [2.45, 2.75) is 82.0 Å². The van der Waals surface area contributed by atoms with E-state index < -0.39 is 66.2 Å². The second-order valence-electron chi connectivity index (χ2n) is 11.3. The Morgan fingerprint density at radius 3 is 1.33 bits per heavy atom. The summed E-state index contributed by atoms with van der Waals surface area (Å²) in [6.07, 6.45) is 1.96. The van der Waals surface area contributed by atoms with Crippen molar-refractivity contribution in [2.24, 2.45) is 60.8 Å². The van der Waals surface area contributed by atoms with Crippen molar-refractivity contribution in [1.82, 2.24) is 26.6 Å². The van der Waals surface area contributed by atoms with Crippen molar-refractivity contribution < 1.29 is 33.9 Å². The largest absolute Gasteiger partial charge is 0.480 e. The summed E-state index contributed by atoms with van der Waals surface area (Å²) in [5.41, 5.74) is 42.9. The highest BCUT2D eigenvalue weighted by molar-refractivity contribution is 5.95. The van der Waals surface area contributed by atoms with Crippen molar-refractivity contribution in [3.8, 4) is 0 Å². The molecule has 51 heavy (non-hydrogen) atoms. The van der Waals surface area contributed by atoms with E-state index in [1.54, 1.807) is 0 Å². The monoisotopic (exact) mass is 728 g/mol. The minimum Gasteiger partial charge on any atom is -0.480 e. The third-order valence-corrected chi connectivity index (χ3v) is 6.94. The van der Waals surface area contributed by atoms with Crippen LogP contribution in [0.1, 0.15) is 57.8 Å². The van der Waals surface area contributed by atoms with E-state index in [1.807, 2.05) is 0 Å². The third kappa shape index (κ3) is 22.7. The van der Waals surface area contributed by atoms with Crippen molar-refractivity contribution in [1.29, 1.82) is 0 Å². The summed E-state index contributed by atoms with van der Waals surface area (Å²) in [7, 11) is 0. The van der Waals surface area contributed by atoms with Gasteiger partial charge in [-0.3, -0.25) is 38.9 Å². The Balaban J connectivity index is 5.77. The molecular formula is C28H56N16O7. The number of nitrogens with one attached hydrogen (secondary N) is 5. The van der Waals surface area contributed by atoms with Crippen LogP contribution in [-0.2, 0) is 28.8 Å². The predicted molar refractivity (Wildman–Crippen MR) is 190 cm³/mol. The molecule has 0 saturated heterocycles. The molecule has 0 rings (SSSR count). The zero-order valence-corrected chi connectivity index (χ0v) is 28.8. The van der Waals surface area contributed by atoms with Crippen molar-refractivity contribution in [3.63, 3.8) is 0 Å². The van der Waals surface area contributed by atoms with Crippen LogP contribution >= 0.6 is 0 Å². The van der Waals surface area contributed by atoms with E-state index in [9.17, 15) is 33.9 Å². The van der Waals surface area contributed by atoms with Gasteiger partial charge in [0.15, 0.2) is 17.9 Å². The number of nitrogens with zero attached hydrogens (tertiary/aromatic N) is 3. The van der Waals surface area contributed by atoms with Crippen LogP contribution in [0, 0.1) is 0 Å². The van der Waals surface area contributed by atoms with Gasteiger partial charge >= 0.3 is 5.97 Å². The fourth-order valence-corrected chi connectivity index (χ4v) is 4.40. The van der Waals surface area contributed by atoms with Crippen LogP contribution < -0.4 is 72.5 Å². The van der Waals surface area contributed by atoms with Gasteiger partial charge < -0.3 is 77.6 Å². The first kappa shape index (κ1) is 45.6. The highest BCUT2D eigenvalue weighted by Gasteiger charge is 2.29. The van der Waals surface area contributed by atoms with E-state index in [4.69, 9.17) is 45.9 Å². The molecule has 4 atom stereocenters. The normalized spacial score (nSPS) is 12.8. The van der Waals surface area contributed by atoms with Gasteiger partial charge in [-0.1, -0.05) is 0 Å². The number of carboxylic acid groups (broad SMARTS) is 1. The minimum atomic E-state index is -1.32. The van der Waals surface area contributed by atoms with Crippen molar-refractivity contribution in [2.75, 3.05) is 39.3 Å². The molecule has 4 unspecified atom stereocenters. The van der Waals surface area contributed by atoms with Crippen molar-refractivity contribution in [3.05, 3.63) is 0 Å². The number of rotatable bonds is 27. The van der Waals surface area contributed by atoms with Gasteiger partial charge in [-0.2, -0.15) is 0 Å². The number of hydrogen-bond acceptors (Lipinski definition) is 11. The van der Waals surface area contributed by atoms with Crippen molar-refractivity contribution >= 4 is 53.4 Å². The number of carbonyl (C=O) groups excluding carboxylic acids is 5. The maximum absolute atomic E-state index is 13.5. The molecule has 0 bridgehead atoms. The molecule has 0 aromatic rings. The Morgan fingerprint density at radius 2 is 0.902 bits per heavy atom. The molecule has 0 fully saturated rings. The Hall–Kier alpha value is -5.45.